The average molecular weight is 329 g/mol. The lowest BCUT2D eigenvalue weighted by Crippen LogP contribution is -2.41. The molecule has 0 aliphatic rings. The van der Waals surface area contributed by atoms with Gasteiger partial charge < -0.3 is 10.4 Å². The highest BCUT2D eigenvalue weighted by atomic mass is 32.2. The van der Waals surface area contributed by atoms with E-state index in [4.69, 9.17) is 5.11 Å². The highest BCUT2D eigenvalue weighted by Crippen LogP contribution is 2.23. The summed E-state index contributed by atoms with van der Waals surface area (Å²) >= 11 is 1.73. The molecule has 2 rings (SSSR count). The molecule has 1 unspecified atom stereocenters. The topological polar surface area (TPSA) is 66.4 Å². The molecule has 0 aliphatic carbocycles. The molecule has 2 N–H and O–H groups in total. The second-order valence-corrected chi connectivity index (χ2v) is 6.26. The number of carbonyl (C=O) groups is 2. The summed E-state index contributed by atoms with van der Waals surface area (Å²) in [5, 5.41) is 11.6. The third-order valence-electron chi connectivity index (χ3n) is 3.29. The van der Waals surface area contributed by atoms with Crippen molar-refractivity contribution in [1.29, 1.82) is 0 Å². The molecule has 1 amide bonds. The predicted octanol–water partition coefficient (Wildman–Crippen LogP) is 3.11. The summed E-state index contributed by atoms with van der Waals surface area (Å²) < 4.78 is 0. The number of hydrogen-bond acceptors (Lipinski definition) is 3. The van der Waals surface area contributed by atoms with Crippen LogP contribution in [-0.4, -0.2) is 23.0 Å². The van der Waals surface area contributed by atoms with Crippen LogP contribution in [0.25, 0.3) is 0 Å². The molecule has 23 heavy (non-hydrogen) atoms. The first-order chi connectivity index (χ1) is 11.0. The van der Waals surface area contributed by atoms with Crippen molar-refractivity contribution in [3.63, 3.8) is 0 Å². The van der Waals surface area contributed by atoms with Crippen LogP contribution in [0.1, 0.15) is 18.1 Å². The number of thioether (sulfide) groups is 1. The molecule has 0 spiro atoms. The number of aliphatic carboxylic acids is 1. The van der Waals surface area contributed by atoms with Gasteiger partial charge in [-0.3, -0.25) is 4.79 Å². The molecular weight excluding hydrogens is 310 g/mol. The highest BCUT2D eigenvalue weighted by Gasteiger charge is 2.18. The van der Waals surface area contributed by atoms with E-state index in [9.17, 15) is 9.59 Å². The van der Waals surface area contributed by atoms with Crippen LogP contribution in [0.4, 0.5) is 0 Å². The van der Waals surface area contributed by atoms with Gasteiger partial charge in [0.2, 0.25) is 5.91 Å². The molecule has 4 nitrogen and oxygen atoms in total. The predicted molar refractivity (Wildman–Crippen MR) is 91.4 cm³/mol. The Morgan fingerprint density at radius 2 is 1.70 bits per heavy atom. The smallest absolute Gasteiger partial charge is 0.326 e. The van der Waals surface area contributed by atoms with Gasteiger partial charge in [0.1, 0.15) is 6.04 Å². The summed E-state index contributed by atoms with van der Waals surface area (Å²) in [6.45, 7) is 1.32. The van der Waals surface area contributed by atoms with Crippen LogP contribution < -0.4 is 5.32 Å². The van der Waals surface area contributed by atoms with E-state index in [0.29, 0.717) is 0 Å². The number of amides is 1. The quantitative estimate of drug-likeness (QED) is 0.766. The third-order valence-corrected chi connectivity index (χ3v) is 4.37. The number of rotatable bonds is 7. The highest BCUT2D eigenvalue weighted by molar-refractivity contribution is 7.98. The van der Waals surface area contributed by atoms with Gasteiger partial charge in [-0.05, 0) is 23.3 Å². The Morgan fingerprint density at radius 1 is 1.04 bits per heavy atom. The van der Waals surface area contributed by atoms with Crippen LogP contribution in [-0.2, 0) is 21.8 Å². The fourth-order valence-corrected chi connectivity index (χ4v) is 3.00. The molecule has 5 heteroatoms. The number of carboxylic acids is 1. The number of benzene rings is 2. The Balaban J connectivity index is 1.93. The second kappa shape index (κ2) is 8.39. The fourth-order valence-electron chi connectivity index (χ4n) is 2.14. The normalized spacial score (nSPS) is 11.7. The standard InChI is InChI=1S/C18H19NO3S/c1-13(20)19-17(18(21)22)11-14-7-9-16(10-8-14)23-12-15-5-3-2-4-6-15/h2-10,17H,11-12H2,1H3,(H,19,20)(H,21,22). The Morgan fingerprint density at radius 3 is 2.26 bits per heavy atom. The Labute approximate surface area is 139 Å². The molecule has 0 heterocycles. The van der Waals surface area contributed by atoms with Gasteiger partial charge in [-0.1, -0.05) is 42.5 Å². The van der Waals surface area contributed by atoms with E-state index < -0.39 is 12.0 Å². The molecule has 0 fully saturated rings. The van der Waals surface area contributed by atoms with Gasteiger partial charge in [0.05, 0.1) is 0 Å². The van der Waals surface area contributed by atoms with Crippen LogP contribution in [0.2, 0.25) is 0 Å². The molecule has 2 aromatic carbocycles. The van der Waals surface area contributed by atoms with Crippen LogP contribution in [0.5, 0.6) is 0 Å². The van der Waals surface area contributed by atoms with Crippen molar-refractivity contribution in [2.24, 2.45) is 0 Å². The van der Waals surface area contributed by atoms with Crippen molar-refractivity contribution < 1.29 is 14.7 Å². The van der Waals surface area contributed by atoms with Crippen molar-refractivity contribution >= 4 is 23.6 Å². The number of nitrogens with one attached hydrogen (secondary N) is 1. The maximum atomic E-state index is 11.1. The average Bonchev–Trinajstić information content (AvgIpc) is 2.54. The minimum absolute atomic E-state index is 0.276. The maximum absolute atomic E-state index is 11.1. The Bertz CT molecular complexity index is 656. The summed E-state index contributed by atoms with van der Waals surface area (Å²) in [7, 11) is 0. The van der Waals surface area contributed by atoms with Crippen molar-refractivity contribution in [3.8, 4) is 0 Å². The summed E-state index contributed by atoms with van der Waals surface area (Å²) in [4.78, 5) is 23.3. The van der Waals surface area contributed by atoms with Gasteiger partial charge in [-0.25, -0.2) is 4.79 Å². The number of hydrogen-bond donors (Lipinski definition) is 2. The molecule has 0 bridgehead atoms. The van der Waals surface area contributed by atoms with Crippen LogP contribution in [0.3, 0.4) is 0 Å². The SMILES string of the molecule is CC(=O)NC(Cc1ccc(SCc2ccccc2)cc1)C(=O)O. The lowest BCUT2D eigenvalue weighted by atomic mass is 10.1. The Kier molecular flexibility index (Phi) is 6.23. The van der Waals surface area contributed by atoms with Gasteiger partial charge in [-0.15, -0.1) is 11.8 Å². The number of carbonyl (C=O) groups excluding carboxylic acids is 1. The minimum atomic E-state index is -1.03. The molecule has 0 radical (unpaired) electrons. The lowest BCUT2D eigenvalue weighted by molar-refractivity contribution is -0.141. The van der Waals surface area contributed by atoms with Gasteiger partial charge in [0.15, 0.2) is 0 Å². The monoisotopic (exact) mass is 329 g/mol. The third kappa shape index (κ3) is 5.79. The van der Waals surface area contributed by atoms with Gasteiger partial charge >= 0.3 is 5.97 Å². The van der Waals surface area contributed by atoms with E-state index in [2.05, 4.69) is 17.4 Å². The minimum Gasteiger partial charge on any atom is -0.480 e. The van der Waals surface area contributed by atoms with E-state index in [1.165, 1.54) is 12.5 Å². The van der Waals surface area contributed by atoms with Gasteiger partial charge in [-0.2, -0.15) is 0 Å². The first-order valence-electron chi connectivity index (χ1n) is 7.30. The largest absolute Gasteiger partial charge is 0.480 e. The van der Waals surface area contributed by atoms with E-state index in [1.807, 2.05) is 42.5 Å². The maximum Gasteiger partial charge on any atom is 0.326 e. The molecular formula is C18H19NO3S. The second-order valence-electron chi connectivity index (χ2n) is 5.21. The molecule has 0 aromatic heterocycles. The summed E-state index contributed by atoms with van der Waals surface area (Å²) in [6.07, 6.45) is 0.276. The van der Waals surface area contributed by atoms with Crippen LogP contribution >= 0.6 is 11.8 Å². The Hall–Kier alpha value is -2.27. The van der Waals surface area contributed by atoms with E-state index in [0.717, 1.165) is 16.2 Å². The zero-order valence-electron chi connectivity index (χ0n) is 12.9. The number of carboxylic acid groups (broad SMARTS) is 1. The molecule has 0 saturated carbocycles. The first-order valence-corrected chi connectivity index (χ1v) is 8.29. The first kappa shape index (κ1) is 17.1. The summed E-state index contributed by atoms with van der Waals surface area (Å²) in [6, 6.07) is 17.1. The van der Waals surface area contributed by atoms with E-state index in [-0.39, 0.29) is 12.3 Å². The molecule has 120 valence electrons. The van der Waals surface area contributed by atoms with Crippen molar-refractivity contribution in [1.82, 2.24) is 5.32 Å². The van der Waals surface area contributed by atoms with E-state index >= 15 is 0 Å². The van der Waals surface area contributed by atoms with Crippen molar-refractivity contribution in [2.75, 3.05) is 0 Å². The van der Waals surface area contributed by atoms with Gasteiger partial charge in [0, 0.05) is 24.0 Å². The zero-order chi connectivity index (χ0) is 16.7. The summed E-state index contributed by atoms with van der Waals surface area (Å²) in [5.41, 5.74) is 2.15. The van der Waals surface area contributed by atoms with E-state index in [1.54, 1.807) is 11.8 Å². The van der Waals surface area contributed by atoms with Crippen molar-refractivity contribution in [2.45, 2.75) is 30.0 Å². The molecule has 1 atom stereocenters. The van der Waals surface area contributed by atoms with Gasteiger partial charge in [0.25, 0.3) is 0 Å². The lowest BCUT2D eigenvalue weighted by Gasteiger charge is -2.13. The molecule has 0 aliphatic heterocycles. The van der Waals surface area contributed by atoms with Crippen molar-refractivity contribution in [3.05, 3.63) is 65.7 Å². The molecule has 2 aromatic rings. The molecule has 0 saturated heterocycles. The summed E-state index contributed by atoms with van der Waals surface area (Å²) in [5.74, 6) is -0.473. The van der Waals surface area contributed by atoms with Crippen LogP contribution in [0, 0.1) is 0 Å². The van der Waals surface area contributed by atoms with Crippen LogP contribution in [0.15, 0.2) is 59.5 Å². The zero-order valence-corrected chi connectivity index (χ0v) is 13.7. The fraction of sp³-hybridized carbons (Fsp3) is 0.222.